The summed E-state index contributed by atoms with van der Waals surface area (Å²) < 4.78 is 0. The van der Waals surface area contributed by atoms with Crippen LogP contribution < -0.4 is 5.32 Å². The molecule has 1 aliphatic heterocycles. The number of hydrogen-bond donors (Lipinski definition) is 2. The molecule has 5 rings (SSSR count). The summed E-state index contributed by atoms with van der Waals surface area (Å²) in [7, 11) is 0. The number of rotatable bonds is 4. The molecular formula is C21H18Cl2N6O. The molecule has 0 atom stereocenters. The van der Waals surface area contributed by atoms with Crippen molar-refractivity contribution in [1.82, 2.24) is 24.8 Å². The van der Waals surface area contributed by atoms with Gasteiger partial charge >= 0.3 is 0 Å². The van der Waals surface area contributed by atoms with Gasteiger partial charge in [0.05, 0.1) is 33.7 Å². The molecular weight excluding hydrogens is 423 g/mol. The Labute approximate surface area is 182 Å². The number of benzene rings is 2. The van der Waals surface area contributed by atoms with E-state index in [4.69, 9.17) is 23.2 Å². The Morgan fingerprint density at radius 3 is 2.77 bits per heavy atom. The van der Waals surface area contributed by atoms with Crippen molar-refractivity contribution in [2.24, 2.45) is 0 Å². The molecule has 0 bridgehead atoms. The lowest BCUT2D eigenvalue weighted by Gasteiger charge is -2.17. The number of amides is 1. The SMILES string of the molecule is O=C(c1cc2ncnc(NCc3nc4cc(Cl)ccc4[nH]3)c2cc1Cl)N1CCCC1. The summed E-state index contributed by atoms with van der Waals surface area (Å²) in [6.07, 6.45) is 3.53. The largest absolute Gasteiger partial charge is 0.362 e. The molecule has 7 nitrogen and oxygen atoms in total. The zero-order valence-electron chi connectivity index (χ0n) is 16.0. The van der Waals surface area contributed by atoms with Gasteiger partial charge in [-0.1, -0.05) is 23.2 Å². The highest BCUT2D eigenvalue weighted by atomic mass is 35.5. The van der Waals surface area contributed by atoms with Crippen molar-refractivity contribution >= 4 is 56.9 Å². The molecule has 30 heavy (non-hydrogen) atoms. The number of anilines is 1. The maximum absolute atomic E-state index is 12.8. The van der Waals surface area contributed by atoms with Crippen molar-refractivity contribution in [1.29, 1.82) is 0 Å². The average molecular weight is 441 g/mol. The smallest absolute Gasteiger partial charge is 0.255 e. The standard InChI is InChI=1S/C21H18Cl2N6O/c22-12-3-4-16-18(7-12)28-19(27-16)10-24-20-14-8-15(23)13(9-17(14)25-11-26-20)21(30)29-5-1-2-6-29/h3-4,7-9,11H,1-2,5-6,10H2,(H,27,28)(H,24,25,26). The minimum atomic E-state index is -0.0477. The Morgan fingerprint density at radius 1 is 1.10 bits per heavy atom. The van der Waals surface area contributed by atoms with E-state index in [1.807, 2.05) is 23.1 Å². The minimum Gasteiger partial charge on any atom is -0.362 e. The molecule has 9 heteroatoms. The quantitative estimate of drug-likeness (QED) is 0.481. The first-order chi connectivity index (χ1) is 14.6. The summed E-state index contributed by atoms with van der Waals surface area (Å²) in [6, 6.07) is 9.03. The number of carbonyl (C=O) groups excluding carboxylic acids is 1. The van der Waals surface area contributed by atoms with E-state index in [1.165, 1.54) is 6.33 Å². The molecule has 4 aromatic rings. The Balaban J connectivity index is 1.42. The number of halogens is 2. The van der Waals surface area contributed by atoms with E-state index in [2.05, 4.69) is 25.3 Å². The van der Waals surface area contributed by atoms with Crippen LogP contribution in [0.4, 0.5) is 5.82 Å². The minimum absolute atomic E-state index is 0.0477. The Hall–Kier alpha value is -2.90. The molecule has 152 valence electrons. The van der Waals surface area contributed by atoms with Crippen molar-refractivity contribution in [2.75, 3.05) is 18.4 Å². The monoisotopic (exact) mass is 440 g/mol. The predicted molar refractivity (Wildman–Crippen MR) is 118 cm³/mol. The van der Waals surface area contributed by atoms with Crippen LogP contribution in [0.1, 0.15) is 29.0 Å². The van der Waals surface area contributed by atoms with Gasteiger partial charge in [0.15, 0.2) is 0 Å². The van der Waals surface area contributed by atoms with Gasteiger partial charge < -0.3 is 15.2 Å². The van der Waals surface area contributed by atoms with Crippen LogP contribution in [0.25, 0.3) is 21.9 Å². The van der Waals surface area contributed by atoms with Gasteiger partial charge in [-0.2, -0.15) is 0 Å². The molecule has 0 radical (unpaired) electrons. The lowest BCUT2D eigenvalue weighted by atomic mass is 10.1. The second kappa shape index (κ2) is 7.74. The summed E-state index contributed by atoms with van der Waals surface area (Å²) in [6.45, 7) is 1.98. The van der Waals surface area contributed by atoms with Crippen LogP contribution in [-0.2, 0) is 6.54 Å². The van der Waals surface area contributed by atoms with Crippen LogP contribution in [0.5, 0.6) is 0 Å². The predicted octanol–water partition coefficient (Wildman–Crippen LogP) is 4.66. The van der Waals surface area contributed by atoms with Crippen molar-refractivity contribution < 1.29 is 4.79 Å². The molecule has 1 aliphatic rings. The van der Waals surface area contributed by atoms with Gasteiger partial charge in [0, 0.05) is 23.5 Å². The van der Waals surface area contributed by atoms with Crippen molar-refractivity contribution in [2.45, 2.75) is 19.4 Å². The Morgan fingerprint density at radius 2 is 1.93 bits per heavy atom. The summed E-state index contributed by atoms with van der Waals surface area (Å²) in [5.74, 6) is 1.33. The fourth-order valence-corrected chi connectivity index (χ4v) is 4.17. The number of carbonyl (C=O) groups is 1. The summed E-state index contributed by atoms with van der Waals surface area (Å²) >= 11 is 12.5. The summed E-state index contributed by atoms with van der Waals surface area (Å²) in [5.41, 5.74) is 2.86. The van der Waals surface area contributed by atoms with Crippen LogP contribution in [0.15, 0.2) is 36.7 Å². The van der Waals surface area contributed by atoms with Gasteiger partial charge in [-0.25, -0.2) is 15.0 Å². The third-order valence-electron chi connectivity index (χ3n) is 5.27. The number of nitrogens with one attached hydrogen (secondary N) is 2. The normalized spacial score (nSPS) is 14.0. The fourth-order valence-electron chi connectivity index (χ4n) is 3.75. The van der Waals surface area contributed by atoms with Crippen molar-refractivity contribution in [3.05, 3.63) is 58.1 Å². The second-order valence-corrected chi connectivity index (χ2v) is 8.11. The van der Waals surface area contributed by atoms with Gasteiger partial charge in [-0.3, -0.25) is 4.79 Å². The highest BCUT2D eigenvalue weighted by Crippen LogP contribution is 2.29. The molecule has 3 heterocycles. The molecule has 1 saturated heterocycles. The topological polar surface area (TPSA) is 86.8 Å². The van der Waals surface area contributed by atoms with Gasteiger partial charge in [0.25, 0.3) is 5.91 Å². The first-order valence-corrected chi connectivity index (χ1v) is 10.5. The highest BCUT2D eigenvalue weighted by Gasteiger charge is 2.22. The number of likely N-dealkylation sites (tertiary alicyclic amines) is 1. The number of hydrogen-bond acceptors (Lipinski definition) is 5. The number of imidazole rings is 1. The third kappa shape index (κ3) is 3.55. The Bertz CT molecular complexity index is 1270. The fraction of sp³-hybridized carbons (Fsp3) is 0.238. The first-order valence-electron chi connectivity index (χ1n) is 9.70. The lowest BCUT2D eigenvalue weighted by molar-refractivity contribution is 0.0793. The first kappa shape index (κ1) is 19.1. The van der Waals surface area contributed by atoms with Crippen LogP contribution in [0.3, 0.4) is 0 Å². The molecule has 0 saturated carbocycles. The van der Waals surface area contributed by atoms with E-state index in [-0.39, 0.29) is 5.91 Å². The average Bonchev–Trinajstić information content (AvgIpc) is 3.41. The van der Waals surface area contributed by atoms with Gasteiger partial charge in [-0.15, -0.1) is 0 Å². The Kier molecular flexibility index (Phi) is 4.92. The van der Waals surface area contributed by atoms with E-state index < -0.39 is 0 Å². The summed E-state index contributed by atoms with van der Waals surface area (Å²) in [5, 5.41) is 5.07. The van der Waals surface area contributed by atoms with Crippen molar-refractivity contribution in [3.63, 3.8) is 0 Å². The third-order valence-corrected chi connectivity index (χ3v) is 5.81. The maximum atomic E-state index is 12.8. The van der Waals surface area contributed by atoms with Crippen LogP contribution in [0, 0.1) is 0 Å². The molecule has 0 spiro atoms. The van der Waals surface area contributed by atoms with E-state index in [0.717, 1.165) is 48.2 Å². The number of nitrogens with zero attached hydrogens (tertiary/aromatic N) is 4. The molecule has 0 unspecified atom stereocenters. The molecule has 1 amide bonds. The number of H-pyrrole nitrogens is 1. The highest BCUT2D eigenvalue weighted by molar-refractivity contribution is 6.35. The molecule has 2 N–H and O–H groups in total. The molecule has 2 aromatic heterocycles. The lowest BCUT2D eigenvalue weighted by Crippen LogP contribution is -2.27. The van der Waals surface area contributed by atoms with Gasteiger partial charge in [0.1, 0.15) is 18.0 Å². The number of fused-ring (bicyclic) bond motifs is 2. The van der Waals surface area contributed by atoms with Gasteiger partial charge in [-0.05, 0) is 43.2 Å². The summed E-state index contributed by atoms with van der Waals surface area (Å²) in [4.78, 5) is 31.1. The van der Waals surface area contributed by atoms with E-state index >= 15 is 0 Å². The zero-order valence-corrected chi connectivity index (χ0v) is 17.5. The van der Waals surface area contributed by atoms with Crippen LogP contribution >= 0.6 is 23.2 Å². The number of aromatic amines is 1. The van der Waals surface area contributed by atoms with Gasteiger partial charge in [0.2, 0.25) is 0 Å². The molecule has 1 fully saturated rings. The van der Waals surface area contributed by atoms with E-state index in [9.17, 15) is 4.79 Å². The number of aromatic nitrogens is 4. The molecule has 0 aliphatic carbocycles. The van der Waals surface area contributed by atoms with Crippen LogP contribution in [0.2, 0.25) is 10.0 Å². The van der Waals surface area contributed by atoms with Crippen LogP contribution in [-0.4, -0.2) is 43.8 Å². The zero-order chi connectivity index (χ0) is 20.7. The second-order valence-electron chi connectivity index (χ2n) is 7.27. The van der Waals surface area contributed by atoms with Crippen molar-refractivity contribution in [3.8, 4) is 0 Å². The van der Waals surface area contributed by atoms with E-state index in [0.29, 0.717) is 33.5 Å². The van der Waals surface area contributed by atoms with E-state index in [1.54, 1.807) is 12.1 Å². The molecule has 2 aromatic carbocycles. The maximum Gasteiger partial charge on any atom is 0.255 e.